The van der Waals surface area contributed by atoms with Crippen LogP contribution in [0.5, 0.6) is 5.75 Å². The van der Waals surface area contributed by atoms with Gasteiger partial charge in [-0.25, -0.2) is 4.39 Å². The Balaban J connectivity index is 2.20. The number of amides is 1. The van der Waals surface area contributed by atoms with Crippen LogP contribution >= 0.6 is 0 Å². The van der Waals surface area contributed by atoms with E-state index in [0.717, 1.165) is 0 Å². The molecule has 1 aliphatic rings. The van der Waals surface area contributed by atoms with Crippen LogP contribution in [0.2, 0.25) is 0 Å². The van der Waals surface area contributed by atoms with Crippen LogP contribution in [0.1, 0.15) is 5.56 Å². The number of carbonyl (C=O) groups excluding carboxylic acids is 1. The zero-order valence-corrected chi connectivity index (χ0v) is 10.9. The van der Waals surface area contributed by atoms with E-state index in [1.54, 1.807) is 26.2 Å². The highest BCUT2D eigenvalue weighted by Gasteiger charge is 2.19. The number of hydrogen-bond acceptors (Lipinski definition) is 4. The second-order valence-corrected chi connectivity index (χ2v) is 4.35. The lowest BCUT2D eigenvalue weighted by Gasteiger charge is -2.14. The first-order valence-corrected chi connectivity index (χ1v) is 5.99. The normalized spacial score (nSPS) is 13.7. The van der Waals surface area contributed by atoms with Crippen molar-refractivity contribution in [3.63, 3.8) is 0 Å². The van der Waals surface area contributed by atoms with Crippen molar-refractivity contribution in [3.8, 4) is 5.75 Å². The molecule has 0 saturated carbocycles. The summed E-state index contributed by atoms with van der Waals surface area (Å²) in [6.45, 7) is 1.16. The van der Waals surface area contributed by atoms with Gasteiger partial charge >= 0.3 is 0 Å². The lowest BCUT2D eigenvalue weighted by molar-refractivity contribution is -0.130. The minimum Gasteiger partial charge on any atom is -0.483 e. The second-order valence-electron chi connectivity index (χ2n) is 4.35. The largest absolute Gasteiger partial charge is 0.483 e. The number of aliphatic imine (C=N–C) groups is 1. The Kier molecular flexibility index (Phi) is 3.99. The van der Waals surface area contributed by atoms with Crippen molar-refractivity contribution in [3.05, 3.63) is 29.6 Å². The van der Waals surface area contributed by atoms with Crippen LogP contribution in [0.25, 0.3) is 0 Å². The maximum absolute atomic E-state index is 13.9. The zero-order valence-electron chi connectivity index (χ0n) is 10.9. The molecular weight excluding hydrogens is 249 g/mol. The molecule has 0 aromatic heterocycles. The average molecular weight is 265 g/mol. The molecule has 0 aliphatic carbocycles. The zero-order chi connectivity index (χ0) is 13.8. The molecule has 1 aromatic carbocycles. The Morgan fingerprint density at radius 3 is 2.95 bits per heavy atom. The minimum atomic E-state index is -0.414. The fourth-order valence-electron chi connectivity index (χ4n) is 1.69. The van der Waals surface area contributed by atoms with Gasteiger partial charge in [0.15, 0.2) is 6.61 Å². The van der Waals surface area contributed by atoms with Gasteiger partial charge in [0.25, 0.3) is 5.91 Å². The number of likely N-dealkylation sites (N-methyl/N-ethyl adjacent to an activating group) is 1. The molecule has 1 aromatic rings. The number of hydrogen-bond donors (Lipinski definition) is 1. The van der Waals surface area contributed by atoms with Crippen LogP contribution in [-0.4, -0.2) is 50.4 Å². The molecule has 1 aliphatic heterocycles. The van der Waals surface area contributed by atoms with Crippen LogP contribution in [0, 0.1) is 5.82 Å². The van der Waals surface area contributed by atoms with Crippen molar-refractivity contribution in [2.75, 3.05) is 33.8 Å². The Morgan fingerprint density at radius 1 is 1.53 bits per heavy atom. The van der Waals surface area contributed by atoms with Crippen LogP contribution in [-0.2, 0) is 4.79 Å². The number of rotatable bonds is 4. The highest BCUT2D eigenvalue weighted by atomic mass is 19.1. The van der Waals surface area contributed by atoms with Crippen LogP contribution < -0.4 is 10.1 Å². The average Bonchev–Trinajstić information content (AvgIpc) is 2.89. The van der Waals surface area contributed by atoms with Gasteiger partial charge in [0.2, 0.25) is 0 Å². The van der Waals surface area contributed by atoms with E-state index in [9.17, 15) is 9.18 Å². The summed E-state index contributed by atoms with van der Waals surface area (Å²) >= 11 is 0. The monoisotopic (exact) mass is 265 g/mol. The molecular formula is C13H16FN3O2. The predicted molar refractivity (Wildman–Crippen MR) is 70.0 cm³/mol. The van der Waals surface area contributed by atoms with E-state index in [-0.39, 0.29) is 18.1 Å². The van der Waals surface area contributed by atoms with E-state index in [0.29, 0.717) is 24.7 Å². The Bertz CT molecular complexity index is 515. The Labute approximate surface area is 111 Å². The van der Waals surface area contributed by atoms with E-state index in [1.165, 1.54) is 11.0 Å². The summed E-state index contributed by atoms with van der Waals surface area (Å²) in [5.41, 5.74) is 0.284. The minimum absolute atomic E-state index is 0.128. The van der Waals surface area contributed by atoms with Gasteiger partial charge in [-0.15, -0.1) is 0 Å². The van der Waals surface area contributed by atoms with Crippen molar-refractivity contribution >= 4 is 11.7 Å². The van der Waals surface area contributed by atoms with Crippen molar-refractivity contribution < 1.29 is 13.9 Å². The van der Waals surface area contributed by atoms with Gasteiger partial charge in [0.05, 0.1) is 12.1 Å². The first kappa shape index (κ1) is 13.3. The molecule has 0 radical (unpaired) electrons. The molecule has 19 heavy (non-hydrogen) atoms. The van der Waals surface area contributed by atoms with E-state index in [4.69, 9.17) is 4.74 Å². The molecule has 0 fully saturated rings. The number of nitrogens with zero attached hydrogens (tertiary/aromatic N) is 2. The van der Waals surface area contributed by atoms with E-state index in [1.807, 2.05) is 0 Å². The SMILES string of the molecule is CN(C)C(=O)COc1cccc(F)c1C1=NCCN1. The molecule has 0 atom stereocenters. The van der Waals surface area contributed by atoms with Gasteiger partial charge in [-0.3, -0.25) is 9.79 Å². The van der Waals surface area contributed by atoms with Crippen molar-refractivity contribution in [1.82, 2.24) is 10.2 Å². The summed E-state index contributed by atoms with van der Waals surface area (Å²) in [5.74, 6) is 0.202. The molecule has 6 heteroatoms. The fourth-order valence-corrected chi connectivity index (χ4v) is 1.69. The molecule has 5 nitrogen and oxygen atoms in total. The molecule has 102 valence electrons. The van der Waals surface area contributed by atoms with Crippen LogP contribution in [0.4, 0.5) is 4.39 Å². The molecule has 0 spiro atoms. The lowest BCUT2D eigenvalue weighted by Crippen LogP contribution is -2.28. The highest BCUT2D eigenvalue weighted by molar-refractivity contribution is 6.02. The third-order valence-electron chi connectivity index (χ3n) is 2.74. The third-order valence-corrected chi connectivity index (χ3v) is 2.74. The molecule has 1 amide bonds. The number of ether oxygens (including phenoxy) is 1. The lowest BCUT2D eigenvalue weighted by atomic mass is 10.1. The van der Waals surface area contributed by atoms with E-state index >= 15 is 0 Å². The predicted octanol–water partition coefficient (Wildman–Crippen LogP) is 0.642. The van der Waals surface area contributed by atoms with Gasteiger partial charge < -0.3 is 15.0 Å². The van der Waals surface area contributed by atoms with Crippen LogP contribution in [0.3, 0.4) is 0 Å². The number of amidine groups is 1. The second kappa shape index (κ2) is 5.69. The summed E-state index contributed by atoms with van der Waals surface area (Å²) in [4.78, 5) is 17.1. The summed E-state index contributed by atoms with van der Waals surface area (Å²) in [7, 11) is 3.28. The van der Waals surface area contributed by atoms with Crippen molar-refractivity contribution in [1.29, 1.82) is 0 Å². The Morgan fingerprint density at radius 2 is 2.32 bits per heavy atom. The fraction of sp³-hybridized carbons (Fsp3) is 0.385. The van der Waals surface area contributed by atoms with Crippen molar-refractivity contribution in [2.45, 2.75) is 0 Å². The molecule has 0 bridgehead atoms. The smallest absolute Gasteiger partial charge is 0.259 e. The molecule has 1 N–H and O–H groups in total. The number of nitrogens with one attached hydrogen (secondary N) is 1. The topological polar surface area (TPSA) is 53.9 Å². The number of benzene rings is 1. The molecule has 1 heterocycles. The van der Waals surface area contributed by atoms with E-state index in [2.05, 4.69) is 10.3 Å². The van der Waals surface area contributed by atoms with Crippen LogP contribution in [0.15, 0.2) is 23.2 Å². The maximum atomic E-state index is 13.9. The van der Waals surface area contributed by atoms with Gasteiger partial charge in [-0.2, -0.15) is 0 Å². The quantitative estimate of drug-likeness (QED) is 0.869. The van der Waals surface area contributed by atoms with Crippen molar-refractivity contribution in [2.24, 2.45) is 4.99 Å². The molecule has 0 unspecified atom stereocenters. The van der Waals surface area contributed by atoms with E-state index < -0.39 is 5.82 Å². The first-order chi connectivity index (χ1) is 9.09. The van der Waals surface area contributed by atoms with Gasteiger partial charge in [-0.05, 0) is 12.1 Å². The summed E-state index contributed by atoms with van der Waals surface area (Å²) in [6, 6.07) is 4.52. The van der Waals surface area contributed by atoms with Gasteiger partial charge in [-0.1, -0.05) is 6.07 Å². The summed E-state index contributed by atoms with van der Waals surface area (Å²) in [6.07, 6.45) is 0. The molecule has 0 saturated heterocycles. The number of halogens is 1. The Hall–Kier alpha value is -2.11. The third kappa shape index (κ3) is 3.01. The highest BCUT2D eigenvalue weighted by Crippen LogP contribution is 2.22. The standard InChI is InChI=1S/C13H16FN3O2/c1-17(2)11(18)8-19-10-5-3-4-9(14)12(10)13-15-6-7-16-13/h3-5H,6-8H2,1-2H3,(H,15,16). The summed E-state index contributed by atoms with van der Waals surface area (Å²) < 4.78 is 19.3. The van der Waals surface area contributed by atoms with Gasteiger partial charge in [0.1, 0.15) is 17.4 Å². The first-order valence-electron chi connectivity index (χ1n) is 5.99. The summed E-state index contributed by atoms with van der Waals surface area (Å²) in [5, 5.41) is 3.00. The van der Waals surface area contributed by atoms with Gasteiger partial charge in [0, 0.05) is 20.6 Å². The maximum Gasteiger partial charge on any atom is 0.259 e. The molecule has 2 rings (SSSR count). The number of carbonyl (C=O) groups is 1.